The van der Waals surface area contributed by atoms with E-state index in [4.69, 9.17) is 0 Å². The number of amides is 2. The Balaban J connectivity index is 1.55. The molecule has 0 aliphatic carbocycles. The van der Waals surface area contributed by atoms with Gasteiger partial charge in [-0.25, -0.2) is 4.98 Å². The highest BCUT2D eigenvalue weighted by Crippen LogP contribution is 2.30. The number of hydrogen-bond donors (Lipinski definition) is 2. The first-order chi connectivity index (χ1) is 15.2. The number of imidazole rings is 1. The first-order valence-electron chi connectivity index (χ1n) is 11.0. The summed E-state index contributed by atoms with van der Waals surface area (Å²) in [6.45, 7) is 10.2. The molecule has 2 aromatic heterocycles. The molecule has 0 fully saturated rings. The molecule has 5 rings (SSSR count). The monoisotopic (exact) mass is 429 g/mol. The molecule has 7 heteroatoms. The Hall–Kier alpha value is -3.61. The van der Waals surface area contributed by atoms with Gasteiger partial charge in [0.05, 0.1) is 17.1 Å². The van der Waals surface area contributed by atoms with Gasteiger partial charge in [-0.15, -0.1) is 0 Å². The Morgan fingerprint density at radius 3 is 2.62 bits per heavy atom. The highest BCUT2D eigenvalue weighted by atomic mass is 16.2. The third kappa shape index (κ3) is 3.07. The zero-order valence-electron chi connectivity index (χ0n) is 18.9. The van der Waals surface area contributed by atoms with Crippen molar-refractivity contribution in [3.8, 4) is 0 Å². The molecule has 2 N–H and O–H groups in total. The van der Waals surface area contributed by atoms with Crippen molar-refractivity contribution < 1.29 is 9.59 Å². The maximum Gasteiger partial charge on any atom is 0.268 e. The van der Waals surface area contributed by atoms with Gasteiger partial charge in [0.25, 0.3) is 11.8 Å². The van der Waals surface area contributed by atoms with E-state index in [1.165, 1.54) is 0 Å². The minimum atomic E-state index is -0.225. The summed E-state index contributed by atoms with van der Waals surface area (Å²) in [4.78, 5) is 30.4. The van der Waals surface area contributed by atoms with E-state index in [-0.39, 0.29) is 29.9 Å². The normalized spacial score (nSPS) is 18.2. The number of carbonyl (C=O) groups is 2. The molecule has 164 valence electrons. The number of hydrogen-bond acceptors (Lipinski definition) is 3. The minimum absolute atomic E-state index is 0.0116. The van der Waals surface area contributed by atoms with E-state index >= 15 is 0 Å². The van der Waals surface area contributed by atoms with Gasteiger partial charge in [0, 0.05) is 28.6 Å². The third-order valence-electron chi connectivity index (χ3n) is 6.41. The molecule has 2 atom stereocenters. The van der Waals surface area contributed by atoms with Crippen molar-refractivity contribution in [3.05, 3.63) is 59.3 Å². The largest absolute Gasteiger partial charge is 0.346 e. The molecule has 0 saturated carbocycles. The highest BCUT2D eigenvalue weighted by Gasteiger charge is 2.29. The second kappa shape index (κ2) is 7.22. The summed E-state index contributed by atoms with van der Waals surface area (Å²) in [5, 5.41) is 6.95. The average molecular weight is 430 g/mol. The number of carbonyl (C=O) groups excluding carboxylic acids is 2. The van der Waals surface area contributed by atoms with E-state index < -0.39 is 0 Å². The van der Waals surface area contributed by atoms with Gasteiger partial charge in [-0.05, 0) is 70.5 Å². The standard InChI is InChI=1S/C25H27N5O2/c1-13(2)29-20-9-6-14(3)10-19(20)27-25(29)28-23(31)18-8-7-17-11-22-24(32)26-15(4)16(5)30(22)21(17)12-18/h6-13,15-16H,1-5H3,(H,26,32)(H,27,28,31)/t15-,16+/m1/s1. The van der Waals surface area contributed by atoms with Crippen molar-refractivity contribution in [2.45, 2.75) is 52.7 Å². The van der Waals surface area contributed by atoms with E-state index in [0.717, 1.165) is 27.5 Å². The van der Waals surface area contributed by atoms with Gasteiger partial charge < -0.3 is 14.5 Å². The molecule has 0 unspecified atom stereocenters. The summed E-state index contributed by atoms with van der Waals surface area (Å²) in [5.41, 5.74) is 5.02. The van der Waals surface area contributed by atoms with Crippen molar-refractivity contribution >= 4 is 39.7 Å². The second-order valence-corrected chi connectivity index (χ2v) is 9.02. The van der Waals surface area contributed by atoms with Crippen molar-refractivity contribution in [1.29, 1.82) is 0 Å². The van der Waals surface area contributed by atoms with Gasteiger partial charge in [-0.2, -0.15) is 0 Å². The summed E-state index contributed by atoms with van der Waals surface area (Å²) < 4.78 is 4.07. The lowest BCUT2D eigenvalue weighted by molar-refractivity contribution is 0.0891. The van der Waals surface area contributed by atoms with Crippen molar-refractivity contribution in [2.75, 3.05) is 5.32 Å². The molecule has 1 aliphatic heterocycles. The van der Waals surface area contributed by atoms with E-state index in [0.29, 0.717) is 17.2 Å². The second-order valence-electron chi connectivity index (χ2n) is 9.02. The number of aromatic nitrogens is 3. The van der Waals surface area contributed by atoms with E-state index in [1.807, 2.05) is 53.3 Å². The molecule has 32 heavy (non-hydrogen) atoms. The Kier molecular flexibility index (Phi) is 4.58. The lowest BCUT2D eigenvalue weighted by atomic mass is 10.1. The Labute approximate surface area is 186 Å². The predicted octanol–water partition coefficient (Wildman–Crippen LogP) is 4.83. The number of anilines is 1. The summed E-state index contributed by atoms with van der Waals surface area (Å²) >= 11 is 0. The first-order valence-corrected chi connectivity index (χ1v) is 11.0. The number of rotatable bonds is 3. The molecule has 1 aliphatic rings. The predicted molar refractivity (Wildman–Crippen MR) is 126 cm³/mol. The molecule has 0 radical (unpaired) electrons. The minimum Gasteiger partial charge on any atom is -0.346 e. The Morgan fingerprint density at radius 2 is 1.88 bits per heavy atom. The maximum atomic E-state index is 13.2. The van der Waals surface area contributed by atoms with E-state index in [1.54, 1.807) is 6.07 Å². The van der Waals surface area contributed by atoms with Crippen LogP contribution < -0.4 is 10.6 Å². The molecule has 0 bridgehead atoms. The fourth-order valence-corrected chi connectivity index (χ4v) is 4.59. The molecule has 7 nitrogen and oxygen atoms in total. The van der Waals surface area contributed by atoms with Crippen molar-refractivity contribution in [3.63, 3.8) is 0 Å². The van der Waals surface area contributed by atoms with Crippen molar-refractivity contribution in [1.82, 2.24) is 19.4 Å². The molecule has 0 spiro atoms. The lowest BCUT2D eigenvalue weighted by Gasteiger charge is -2.30. The molecule has 0 saturated heterocycles. The van der Waals surface area contributed by atoms with Crippen LogP contribution in [0.3, 0.4) is 0 Å². The van der Waals surface area contributed by atoms with E-state index in [9.17, 15) is 9.59 Å². The van der Waals surface area contributed by atoms with Crippen LogP contribution in [0.2, 0.25) is 0 Å². The molecule has 2 aromatic carbocycles. The van der Waals surface area contributed by atoms with Crippen LogP contribution in [-0.4, -0.2) is 32.0 Å². The number of aryl methyl sites for hydroxylation is 1. The quantitative estimate of drug-likeness (QED) is 0.490. The van der Waals surface area contributed by atoms with Gasteiger partial charge in [-0.3, -0.25) is 14.9 Å². The fraction of sp³-hybridized carbons (Fsp3) is 0.320. The average Bonchev–Trinajstić information content (AvgIpc) is 3.29. The van der Waals surface area contributed by atoms with Gasteiger partial charge in [0.2, 0.25) is 5.95 Å². The van der Waals surface area contributed by atoms with Crippen LogP contribution >= 0.6 is 0 Å². The molecule has 2 amide bonds. The zero-order chi connectivity index (χ0) is 22.7. The first kappa shape index (κ1) is 20.3. The summed E-state index contributed by atoms with van der Waals surface area (Å²) in [6, 6.07) is 13.8. The smallest absolute Gasteiger partial charge is 0.268 e. The SMILES string of the molecule is Cc1ccc2c(c1)nc(NC(=O)c1ccc3cc4n(c3c1)[C@@H](C)[C@@H](C)NC4=O)n2C(C)C. The molecule has 3 heterocycles. The van der Waals surface area contributed by atoms with E-state index in [2.05, 4.69) is 42.5 Å². The van der Waals surface area contributed by atoms with Crippen LogP contribution in [0.15, 0.2) is 42.5 Å². The maximum absolute atomic E-state index is 13.2. The Morgan fingerprint density at radius 1 is 1.09 bits per heavy atom. The summed E-state index contributed by atoms with van der Waals surface area (Å²) in [6.07, 6.45) is 0. The van der Waals surface area contributed by atoms with Gasteiger partial charge in [-0.1, -0.05) is 12.1 Å². The lowest BCUT2D eigenvalue weighted by Crippen LogP contribution is -2.44. The van der Waals surface area contributed by atoms with Gasteiger partial charge >= 0.3 is 0 Å². The van der Waals surface area contributed by atoms with Crippen LogP contribution in [0.1, 0.15) is 66.2 Å². The van der Waals surface area contributed by atoms with Crippen LogP contribution in [0.4, 0.5) is 5.95 Å². The zero-order valence-corrected chi connectivity index (χ0v) is 18.9. The number of fused-ring (bicyclic) bond motifs is 4. The Bertz CT molecular complexity index is 1390. The molecular formula is C25H27N5O2. The summed E-state index contributed by atoms with van der Waals surface area (Å²) in [5.74, 6) is 0.223. The molecular weight excluding hydrogens is 402 g/mol. The van der Waals surface area contributed by atoms with Gasteiger partial charge in [0.1, 0.15) is 5.69 Å². The van der Waals surface area contributed by atoms with Crippen molar-refractivity contribution in [2.24, 2.45) is 0 Å². The van der Waals surface area contributed by atoms with Gasteiger partial charge in [0.15, 0.2) is 0 Å². The third-order valence-corrected chi connectivity index (χ3v) is 6.41. The number of nitrogens with one attached hydrogen (secondary N) is 2. The topological polar surface area (TPSA) is 81.0 Å². The van der Waals surface area contributed by atoms with Crippen LogP contribution in [0, 0.1) is 6.92 Å². The number of benzene rings is 2. The van der Waals surface area contributed by atoms with Crippen LogP contribution in [0.25, 0.3) is 21.9 Å². The fourth-order valence-electron chi connectivity index (χ4n) is 4.59. The van der Waals surface area contributed by atoms with Crippen LogP contribution in [-0.2, 0) is 0 Å². The van der Waals surface area contributed by atoms with Crippen LogP contribution in [0.5, 0.6) is 0 Å². The molecule has 4 aromatic rings. The number of nitrogens with zero attached hydrogens (tertiary/aromatic N) is 3. The highest BCUT2D eigenvalue weighted by molar-refractivity contribution is 6.07. The summed E-state index contributed by atoms with van der Waals surface area (Å²) in [7, 11) is 0.